The molecule has 3 heteroatoms. The van der Waals surface area contributed by atoms with E-state index in [1.807, 2.05) is 0 Å². The minimum atomic E-state index is 0.760. The molecule has 0 aliphatic carbocycles. The minimum absolute atomic E-state index is 0.760. The fourth-order valence-corrected chi connectivity index (χ4v) is 6.84. The Morgan fingerprint density at radius 3 is 2.00 bits per heavy atom. The van der Waals surface area contributed by atoms with E-state index >= 15 is 0 Å². The lowest BCUT2D eigenvalue weighted by molar-refractivity contribution is 1.25. The molecule has 39 heavy (non-hydrogen) atoms. The molecule has 8 rings (SSSR count). The summed E-state index contributed by atoms with van der Waals surface area (Å²) in [7, 11) is 0. The normalized spacial score (nSPS) is 11.6. The molecule has 0 saturated carbocycles. The molecule has 2 aromatic heterocycles. The summed E-state index contributed by atoms with van der Waals surface area (Å²) in [5.74, 6) is 0.760. The molecule has 0 aliphatic heterocycles. The molecule has 8 aromatic rings. The van der Waals surface area contributed by atoms with Crippen LogP contribution in [0.15, 0.2) is 133 Å². The fourth-order valence-electron chi connectivity index (χ4n) is 5.63. The Morgan fingerprint density at radius 2 is 1.13 bits per heavy atom. The van der Waals surface area contributed by atoms with Crippen molar-refractivity contribution in [1.82, 2.24) is 9.97 Å². The van der Waals surface area contributed by atoms with Crippen molar-refractivity contribution in [2.75, 3.05) is 0 Å². The van der Waals surface area contributed by atoms with E-state index in [9.17, 15) is 0 Å². The molecule has 0 saturated heterocycles. The maximum atomic E-state index is 5.32. The average Bonchev–Trinajstić information content (AvgIpc) is 3.40. The Bertz CT molecular complexity index is 2170. The van der Waals surface area contributed by atoms with Crippen molar-refractivity contribution in [3.63, 3.8) is 0 Å². The SMILES string of the molecule is c1ccc(-c2cccc(-c3nc(-c4cccc5ccccc45)nc4sc5c6ccccc6ccc5c34)c2)cc1. The molecule has 0 radical (unpaired) electrons. The summed E-state index contributed by atoms with van der Waals surface area (Å²) >= 11 is 1.76. The average molecular weight is 515 g/mol. The number of hydrogen-bond donors (Lipinski definition) is 0. The van der Waals surface area contributed by atoms with Crippen molar-refractivity contribution in [3.05, 3.63) is 133 Å². The first kappa shape index (κ1) is 22.2. The van der Waals surface area contributed by atoms with Gasteiger partial charge in [-0.2, -0.15) is 0 Å². The highest BCUT2D eigenvalue weighted by Crippen LogP contribution is 2.43. The maximum absolute atomic E-state index is 5.32. The van der Waals surface area contributed by atoms with Gasteiger partial charge >= 0.3 is 0 Å². The van der Waals surface area contributed by atoms with E-state index in [4.69, 9.17) is 9.97 Å². The van der Waals surface area contributed by atoms with Crippen molar-refractivity contribution in [1.29, 1.82) is 0 Å². The van der Waals surface area contributed by atoms with Crippen LogP contribution < -0.4 is 0 Å². The summed E-state index contributed by atoms with van der Waals surface area (Å²) < 4.78 is 1.26. The second-order valence-corrected chi connectivity index (χ2v) is 10.8. The Hall–Kier alpha value is -4.86. The molecule has 0 fully saturated rings. The van der Waals surface area contributed by atoms with Gasteiger partial charge in [-0.3, -0.25) is 0 Å². The van der Waals surface area contributed by atoms with Gasteiger partial charge in [0, 0.05) is 26.6 Å². The number of fused-ring (bicyclic) bond motifs is 6. The molecular formula is C36H22N2S. The molecule has 0 unspecified atom stereocenters. The highest BCUT2D eigenvalue weighted by Gasteiger charge is 2.19. The first-order valence-corrected chi connectivity index (χ1v) is 13.9. The summed E-state index contributed by atoms with van der Waals surface area (Å²) in [6, 6.07) is 47.2. The lowest BCUT2D eigenvalue weighted by Crippen LogP contribution is -1.94. The van der Waals surface area contributed by atoms with Crippen LogP contribution in [0.5, 0.6) is 0 Å². The summed E-state index contributed by atoms with van der Waals surface area (Å²) in [4.78, 5) is 11.6. The topological polar surface area (TPSA) is 25.8 Å². The molecule has 0 atom stereocenters. The monoisotopic (exact) mass is 514 g/mol. The van der Waals surface area contributed by atoms with Gasteiger partial charge in [-0.15, -0.1) is 11.3 Å². The molecule has 0 bridgehead atoms. The quantitative estimate of drug-likeness (QED) is 0.234. The van der Waals surface area contributed by atoms with E-state index in [0.717, 1.165) is 38.2 Å². The third-order valence-electron chi connectivity index (χ3n) is 7.50. The molecule has 6 aromatic carbocycles. The lowest BCUT2D eigenvalue weighted by atomic mass is 9.98. The molecule has 0 aliphatic rings. The van der Waals surface area contributed by atoms with Crippen molar-refractivity contribution in [3.8, 4) is 33.8 Å². The number of rotatable bonds is 3. The van der Waals surface area contributed by atoms with Crippen LogP contribution in [-0.2, 0) is 0 Å². The van der Waals surface area contributed by atoms with Crippen LogP contribution in [0.4, 0.5) is 0 Å². The van der Waals surface area contributed by atoms with E-state index in [1.165, 1.54) is 37.4 Å². The van der Waals surface area contributed by atoms with Gasteiger partial charge in [0.2, 0.25) is 0 Å². The molecule has 0 amide bonds. The Morgan fingerprint density at radius 1 is 0.462 bits per heavy atom. The molecule has 0 N–H and O–H groups in total. The summed E-state index contributed by atoms with van der Waals surface area (Å²) in [5, 5.41) is 7.18. The third kappa shape index (κ3) is 3.63. The second kappa shape index (κ2) is 8.87. The van der Waals surface area contributed by atoms with Crippen molar-refractivity contribution < 1.29 is 0 Å². The number of thiophene rings is 1. The molecule has 2 nitrogen and oxygen atoms in total. The molecule has 2 heterocycles. The predicted molar refractivity (Wildman–Crippen MR) is 166 cm³/mol. The van der Waals surface area contributed by atoms with Crippen LogP contribution in [0, 0.1) is 0 Å². The zero-order valence-electron chi connectivity index (χ0n) is 21.0. The van der Waals surface area contributed by atoms with Gasteiger partial charge in [-0.25, -0.2) is 9.97 Å². The van der Waals surface area contributed by atoms with Crippen LogP contribution in [0.1, 0.15) is 0 Å². The Balaban J connectivity index is 1.47. The van der Waals surface area contributed by atoms with Crippen molar-refractivity contribution in [2.45, 2.75) is 0 Å². The number of aromatic nitrogens is 2. The lowest BCUT2D eigenvalue weighted by Gasteiger charge is -2.11. The molecule has 0 spiro atoms. The van der Waals surface area contributed by atoms with E-state index in [-0.39, 0.29) is 0 Å². The van der Waals surface area contributed by atoms with Crippen molar-refractivity contribution in [2.24, 2.45) is 0 Å². The van der Waals surface area contributed by atoms with Crippen molar-refractivity contribution >= 4 is 53.2 Å². The van der Waals surface area contributed by atoms with Gasteiger partial charge in [0.1, 0.15) is 4.83 Å². The van der Waals surface area contributed by atoms with Gasteiger partial charge in [0.15, 0.2) is 5.82 Å². The van der Waals surface area contributed by atoms with Crippen LogP contribution >= 0.6 is 11.3 Å². The van der Waals surface area contributed by atoms with E-state index in [0.29, 0.717) is 0 Å². The fraction of sp³-hybridized carbons (Fsp3) is 0. The number of nitrogens with zero attached hydrogens (tertiary/aromatic N) is 2. The Labute approximate surface area is 229 Å². The van der Waals surface area contributed by atoms with Gasteiger partial charge in [-0.1, -0.05) is 127 Å². The van der Waals surface area contributed by atoms with E-state index in [2.05, 4.69) is 133 Å². The summed E-state index contributed by atoms with van der Waals surface area (Å²) in [6.07, 6.45) is 0. The van der Waals surface area contributed by atoms with Gasteiger partial charge in [-0.05, 0) is 38.7 Å². The summed E-state index contributed by atoms with van der Waals surface area (Å²) in [5.41, 5.74) is 5.50. The zero-order chi connectivity index (χ0) is 25.8. The first-order valence-electron chi connectivity index (χ1n) is 13.1. The standard InChI is InChI=1S/C36H22N2S/c1-2-10-23(11-3-1)26-15-8-16-27(22-26)33-32-31-21-20-25-13-5-7-18-29(25)34(31)39-36(32)38-35(37-33)30-19-9-14-24-12-4-6-17-28(24)30/h1-22H. The molecule has 182 valence electrons. The van der Waals surface area contributed by atoms with Crippen LogP contribution in [-0.4, -0.2) is 9.97 Å². The Kier molecular flexibility index (Phi) is 5.04. The van der Waals surface area contributed by atoms with Gasteiger partial charge < -0.3 is 0 Å². The highest BCUT2D eigenvalue weighted by atomic mass is 32.1. The number of benzene rings is 6. The molecular weight excluding hydrogens is 492 g/mol. The smallest absolute Gasteiger partial charge is 0.162 e. The minimum Gasteiger partial charge on any atom is -0.227 e. The largest absolute Gasteiger partial charge is 0.227 e. The van der Waals surface area contributed by atoms with E-state index in [1.54, 1.807) is 11.3 Å². The van der Waals surface area contributed by atoms with Gasteiger partial charge in [0.25, 0.3) is 0 Å². The summed E-state index contributed by atoms with van der Waals surface area (Å²) in [6.45, 7) is 0. The highest BCUT2D eigenvalue weighted by molar-refractivity contribution is 7.26. The van der Waals surface area contributed by atoms with Gasteiger partial charge in [0.05, 0.1) is 5.69 Å². The van der Waals surface area contributed by atoms with E-state index < -0.39 is 0 Å². The second-order valence-electron chi connectivity index (χ2n) is 9.81. The zero-order valence-corrected chi connectivity index (χ0v) is 21.8. The van der Waals surface area contributed by atoms with Crippen LogP contribution in [0.3, 0.4) is 0 Å². The number of hydrogen-bond acceptors (Lipinski definition) is 3. The predicted octanol–water partition coefficient (Wildman–Crippen LogP) is 10.2. The maximum Gasteiger partial charge on any atom is 0.162 e. The van der Waals surface area contributed by atoms with Crippen LogP contribution in [0.25, 0.3) is 75.6 Å². The third-order valence-corrected chi connectivity index (χ3v) is 8.63. The van der Waals surface area contributed by atoms with Crippen LogP contribution in [0.2, 0.25) is 0 Å². The first-order chi connectivity index (χ1) is 19.3.